The van der Waals surface area contributed by atoms with Crippen LogP contribution >= 0.6 is 11.8 Å². The molecule has 2 heterocycles. The maximum Gasteiger partial charge on any atom is 0.416 e. The minimum Gasteiger partial charge on any atom is -0.363 e. The molecular formula is C21H26F3N3S. The van der Waals surface area contributed by atoms with E-state index in [0.717, 1.165) is 56.3 Å². The highest BCUT2D eigenvalue weighted by Crippen LogP contribution is 2.45. The lowest BCUT2D eigenvalue weighted by molar-refractivity contribution is -0.0887. The maximum atomic E-state index is 13.3. The van der Waals surface area contributed by atoms with Crippen molar-refractivity contribution in [2.45, 2.75) is 28.8 Å². The first-order chi connectivity index (χ1) is 13.4. The number of hydrogen-bond donors (Lipinski definition) is 0. The summed E-state index contributed by atoms with van der Waals surface area (Å²) in [5, 5.41) is 0.0182. The molecule has 28 heavy (non-hydrogen) atoms. The van der Waals surface area contributed by atoms with Gasteiger partial charge in [0.15, 0.2) is 0 Å². The molecule has 1 fully saturated rings. The summed E-state index contributed by atoms with van der Waals surface area (Å²) in [6.07, 6.45) is 1.04. The second kappa shape index (κ2) is 8.13. The van der Waals surface area contributed by atoms with E-state index in [1.165, 1.54) is 12.2 Å². The molecule has 0 unspecified atom stereocenters. The number of alkyl halides is 3. The van der Waals surface area contributed by atoms with Crippen LogP contribution in [0, 0.1) is 0 Å². The van der Waals surface area contributed by atoms with E-state index in [1.54, 1.807) is 17.8 Å². The second-order valence-corrected chi connectivity index (χ2v) is 8.93. The van der Waals surface area contributed by atoms with Crippen molar-refractivity contribution in [1.29, 1.82) is 0 Å². The van der Waals surface area contributed by atoms with Gasteiger partial charge >= 0.3 is 6.18 Å². The van der Waals surface area contributed by atoms with Gasteiger partial charge in [0, 0.05) is 37.6 Å². The fourth-order valence-electron chi connectivity index (χ4n) is 4.12. The number of likely N-dealkylation sites (N-methyl/N-ethyl adjacent to an activating group) is 1. The van der Waals surface area contributed by atoms with Gasteiger partial charge in [-0.25, -0.2) is 0 Å². The molecule has 3 aliphatic rings. The third-order valence-corrected chi connectivity index (χ3v) is 7.05. The highest BCUT2D eigenvalue weighted by Gasteiger charge is 2.39. The van der Waals surface area contributed by atoms with E-state index in [-0.39, 0.29) is 11.3 Å². The van der Waals surface area contributed by atoms with Gasteiger partial charge in [-0.15, -0.1) is 11.8 Å². The standard InChI is InChI=1S/C21H26F3N3S/c1-25-11-13-26(14-12-25)9-4-10-27-17-5-2-3-6-19(17)28-20-8-7-16(15-18(20)27)21(22,23)24/h2-3,5-8,15,18,20H,4,9-14H2,1H3/t18-,20+/m1/s1. The second-order valence-electron chi connectivity index (χ2n) is 7.71. The minimum absolute atomic E-state index is 0.0182. The van der Waals surface area contributed by atoms with Crippen molar-refractivity contribution >= 4 is 17.4 Å². The fourth-order valence-corrected chi connectivity index (χ4v) is 5.40. The quantitative estimate of drug-likeness (QED) is 0.742. The van der Waals surface area contributed by atoms with Gasteiger partial charge in [-0.3, -0.25) is 0 Å². The number of piperazine rings is 1. The van der Waals surface area contributed by atoms with Crippen LogP contribution in [0.2, 0.25) is 0 Å². The monoisotopic (exact) mass is 409 g/mol. The van der Waals surface area contributed by atoms with Crippen LogP contribution in [0.1, 0.15) is 6.42 Å². The highest BCUT2D eigenvalue weighted by molar-refractivity contribution is 8.00. The van der Waals surface area contributed by atoms with Gasteiger partial charge in [0.05, 0.1) is 22.6 Å². The molecule has 152 valence electrons. The van der Waals surface area contributed by atoms with Crippen LogP contribution in [0.15, 0.2) is 53.0 Å². The molecule has 0 radical (unpaired) electrons. The lowest BCUT2D eigenvalue weighted by Crippen LogP contribution is -2.47. The van der Waals surface area contributed by atoms with Crippen LogP contribution in [0.4, 0.5) is 18.9 Å². The molecule has 0 bridgehead atoms. The molecule has 7 heteroatoms. The van der Waals surface area contributed by atoms with Gasteiger partial charge in [0.2, 0.25) is 0 Å². The number of rotatable bonds is 4. The zero-order valence-corrected chi connectivity index (χ0v) is 16.8. The first-order valence-electron chi connectivity index (χ1n) is 9.82. The SMILES string of the molecule is CN1CCN(CCCN2c3ccccc3S[C@H]3C=CC(C(F)(F)F)=C[C@H]32)CC1. The van der Waals surface area contributed by atoms with Crippen molar-refractivity contribution in [3.05, 3.63) is 48.1 Å². The van der Waals surface area contributed by atoms with Crippen LogP contribution < -0.4 is 4.90 Å². The van der Waals surface area contributed by atoms with Gasteiger partial charge < -0.3 is 14.7 Å². The highest BCUT2D eigenvalue weighted by atomic mass is 32.2. The molecule has 3 nitrogen and oxygen atoms in total. The lowest BCUT2D eigenvalue weighted by atomic mass is 9.99. The fraction of sp³-hybridized carbons (Fsp3) is 0.524. The Hall–Kier alpha value is -1.44. The summed E-state index contributed by atoms with van der Waals surface area (Å²) in [5.41, 5.74) is 0.526. The number of fused-ring (bicyclic) bond motifs is 2. The van der Waals surface area contributed by atoms with Crippen LogP contribution in [0.5, 0.6) is 0 Å². The summed E-state index contributed by atoms with van der Waals surface area (Å²) in [7, 11) is 2.14. The summed E-state index contributed by atoms with van der Waals surface area (Å²) in [6, 6.07) is 7.82. The van der Waals surface area contributed by atoms with Crippen LogP contribution in [0.3, 0.4) is 0 Å². The molecule has 1 aromatic carbocycles. The van der Waals surface area contributed by atoms with Crippen molar-refractivity contribution in [1.82, 2.24) is 9.80 Å². The van der Waals surface area contributed by atoms with Crippen LogP contribution in [-0.4, -0.2) is 73.6 Å². The molecule has 0 saturated carbocycles. The summed E-state index contributed by atoms with van der Waals surface area (Å²) >= 11 is 1.66. The zero-order chi connectivity index (χ0) is 19.7. The van der Waals surface area contributed by atoms with E-state index in [0.29, 0.717) is 0 Å². The number of thioether (sulfide) groups is 1. The van der Waals surface area contributed by atoms with Gasteiger partial charge in [-0.2, -0.15) is 13.2 Å². The molecule has 1 aliphatic carbocycles. The van der Waals surface area contributed by atoms with Gasteiger partial charge in [-0.1, -0.05) is 24.3 Å². The lowest BCUT2D eigenvalue weighted by Gasteiger charge is -2.43. The summed E-state index contributed by atoms with van der Waals surface area (Å²) in [6.45, 7) is 6.04. The Labute approximate surface area is 168 Å². The van der Waals surface area contributed by atoms with Gasteiger partial charge in [0.25, 0.3) is 0 Å². The van der Waals surface area contributed by atoms with E-state index < -0.39 is 11.7 Å². The van der Waals surface area contributed by atoms with E-state index in [1.807, 2.05) is 18.2 Å². The van der Waals surface area contributed by atoms with E-state index in [2.05, 4.69) is 27.8 Å². The summed E-state index contributed by atoms with van der Waals surface area (Å²) in [5.74, 6) is 0. The Bertz CT molecular complexity index is 754. The Kier molecular flexibility index (Phi) is 5.76. The van der Waals surface area contributed by atoms with Crippen molar-refractivity contribution in [2.24, 2.45) is 0 Å². The molecule has 1 aromatic rings. The van der Waals surface area contributed by atoms with Crippen LogP contribution in [0.25, 0.3) is 0 Å². The number of halogens is 3. The number of nitrogens with zero attached hydrogens (tertiary/aromatic N) is 3. The predicted molar refractivity (Wildman–Crippen MR) is 109 cm³/mol. The first-order valence-corrected chi connectivity index (χ1v) is 10.7. The number of benzene rings is 1. The Morgan fingerprint density at radius 1 is 1.07 bits per heavy atom. The number of anilines is 1. The van der Waals surface area contributed by atoms with E-state index in [9.17, 15) is 13.2 Å². The summed E-state index contributed by atoms with van der Waals surface area (Å²) in [4.78, 5) is 8.12. The molecule has 0 N–H and O–H groups in total. The van der Waals surface area contributed by atoms with Crippen LogP contribution in [-0.2, 0) is 0 Å². The molecule has 0 aromatic heterocycles. The van der Waals surface area contributed by atoms with Gasteiger partial charge in [-0.05, 0) is 38.2 Å². The third-order valence-electron chi connectivity index (χ3n) is 5.75. The van der Waals surface area contributed by atoms with Crippen molar-refractivity contribution in [3.63, 3.8) is 0 Å². The largest absolute Gasteiger partial charge is 0.416 e. The molecule has 2 aliphatic heterocycles. The smallest absolute Gasteiger partial charge is 0.363 e. The van der Waals surface area contributed by atoms with Crippen molar-refractivity contribution < 1.29 is 13.2 Å². The van der Waals surface area contributed by atoms with E-state index in [4.69, 9.17) is 0 Å². The maximum absolute atomic E-state index is 13.3. The summed E-state index contributed by atoms with van der Waals surface area (Å²) < 4.78 is 39.9. The Morgan fingerprint density at radius 3 is 2.57 bits per heavy atom. The molecule has 0 amide bonds. The van der Waals surface area contributed by atoms with Crippen molar-refractivity contribution in [2.75, 3.05) is 51.2 Å². The molecule has 0 spiro atoms. The number of allylic oxidation sites excluding steroid dienone is 2. The Morgan fingerprint density at radius 2 is 1.82 bits per heavy atom. The minimum atomic E-state index is -4.30. The van der Waals surface area contributed by atoms with Crippen molar-refractivity contribution in [3.8, 4) is 0 Å². The number of para-hydroxylation sites is 1. The molecular weight excluding hydrogens is 383 g/mol. The van der Waals surface area contributed by atoms with Gasteiger partial charge in [0.1, 0.15) is 0 Å². The normalized spacial score (nSPS) is 26.0. The average Bonchev–Trinajstić information content (AvgIpc) is 2.68. The number of hydrogen-bond acceptors (Lipinski definition) is 4. The van der Waals surface area contributed by atoms with E-state index >= 15 is 0 Å². The predicted octanol–water partition coefficient (Wildman–Crippen LogP) is 4.03. The zero-order valence-electron chi connectivity index (χ0n) is 16.0. The molecule has 2 atom stereocenters. The molecule has 4 rings (SSSR count). The topological polar surface area (TPSA) is 9.72 Å². The molecule has 1 saturated heterocycles. The third kappa shape index (κ3) is 4.26. The Balaban J connectivity index is 1.50. The first kappa shape index (κ1) is 19.9. The average molecular weight is 410 g/mol.